The molecule has 0 saturated heterocycles. The second kappa shape index (κ2) is 4.70. The zero-order valence-corrected chi connectivity index (χ0v) is 12.1. The zero-order valence-electron chi connectivity index (χ0n) is 10.5. The Morgan fingerprint density at radius 1 is 1.16 bits per heavy atom. The van der Waals surface area contributed by atoms with Crippen LogP contribution in [0.5, 0.6) is 0 Å². The van der Waals surface area contributed by atoms with Gasteiger partial charge >= 0.3 is 0 Å². The predicted octanol–water partition coefficient (Wildman–Crippen LogP) is 3.99. The van der Waals surface area contributed by atoms with E-state index in [4.69, 9.17) is 5.73 Å². The largest absolute Gasteiger partial charge is 0.369 e. The average Bonchev–Trinajstić information content (AvgIpc) is 2.74. The molecule has 1 unspecified atom stereocenters. The molecular formula is C15H14BrN3. The second-order valence-corrected chi connectivity index (χ2v) is 5.48. The monoisotopic (exact) mass is 315 g/mol. The molecule has 3 rings (SSSR count). The van der Waals surface area contributed by atoms with Gasteiger partial charge in [0, 0.05) is 4.47 Å². The highest BCUT2D eigenvalue weighted by Crippen LogP contribution is 2.28. The standard InChI is InChI=1S/C15H14BrN3/c1-10(11-5-4-6-12(16)9-11)19-14-8-3-2-7-13(14)18-15(19)17/h2-10H,1H3,(H2,17,18). The minimum absolute atomic E-state index is 0.143. The number of rotatable bonds is 2. The van der Waals surface area contributed by atoms with Crippen LogP contribution < -0.4 is 5.73 Å². The Bertz CT molecular complexity index is 733. The Labute approximate surface area is 120 Å². The van der Waals surface area contributed by atoms with Gasteiger partial charge in [-0.15, -0.1) is 0 Å². The van der Waals surface area contributed by atoms with E-state index in [1.54, 1.807) is 0 Å². The number of hydrogen-bond donors (Lipinski definition) is 1. The van der Waals surface area contributed by atoms with Crippen LogP contribution in [-0.4, -0.2) is 9.55 Å². The van der Waals surface area contributed by atoms with Crippen molar-refractivity contribution in [1.82, 2.24) is 9.55 Å². The lowest BCUT2D eigenvalue weighted by Gasteiger charge is -2.16. The van der Waals surface area contributed by atoms with Crippen LogP contribution in [0.3, 0.4) is 0 Å². The van der Waals surface area contributed by atoms with Gasteiger partial charge in [0.25, 0.3) is 0 Å². The highest BCUT2D eigenvalue weighted by Gasteiger charge is 2.15. The van der Waals surface area contributed by atoms with Crippen molar-refractivity contribution in [3.63, 3.8) is 0 Å². The molecule has 3 nitrogen and oxygen atoms in total. The molecule has 1 aromatic heterocycles. The van der Waals surface area contributed by atoms with Gasteiger partial charge in [0.15, 0.2) is 0 Å². The number of halogens is 1. The average molecular weight is 316 g/mol. The Morgan fingerprint density at radius 3 is 2.74 bits per heavy atom. The lowest BCUT2D eigenvalue weighted by Crippen LogP contribution is -2.10. The van der Waals surface area contributed by atoms with Crippen molar-refractivity contribution >= 4 is 32.9 Å². The number of fused-ring (bicyclic) bond motifs is 1. The molecule has 0 spiro atoms. The van der Waals surface area contributed by atoms with Crippen LogP contribution in [0.1, 0.15) is 18.5 Å². The summed E-state index contributed by atoms with van der Waals surface area (Å²) in [6, 6.07) is 16.4. The van der Waals surface area contributed by atoms with Gasteiger partial charge in [0.05, 0.1) is 17.1 Å². The van der Waals surface area contributed by atoms with Gasteiger partial charge in [0.1, 0.15) is 0 Å². The van der Waals surface area contributed by atoms with E-state index in [-0.39, 0.29) is 6.04 Å². The minimum atomic E-state index is 0.143. The first kappa shape index (κ1) is 12.2. The summed E-state index contributed by atoms with van der Waals surface area (Å²) in [5.41, 5.74) is 9.26. The minimum Gasteiger partial charge on any atom is -0.369 e. The third-order valence-electron chi connectivity index (χ3n) is 3.34. The number of hydrogen-bond acceptors (Lipinski definition) is 2. The highest BCUT2D eigenvalue weighted by molar-refractivity contribution is 9.10. The molecule has 0 saturated carbocycles. The second-order valence-electron chi connectivity index (χ2n) is 4.56. The Kier molecular flexibility index (Phi) is 3.03. The maximum absolute atomic E-state index is 6.07. The van der Waals surface area contributed by atoms with E-state index in [2.05, 4.69) is 44.5 Å². The van der Waals surface area contributed by atoms with Gasteiger partial charge in [-0.25, -0.2) is 4.98 Å². The summed E-state index contributed by atoms with van der Waals surface area (Å²) in [6.45, 7) is 2.13. The van der Waals surface area contributed by atoms with E-state index in [1.807, 2.05) is 36.4 Å². The van der Waals surface area contributed by atoms with Crippen LogP contribution in [0.4, 0.5) is 5.95 Å². The zero-order chi connectivity index (χ0) is 13.4. The normalized spacial score (nSPS) is 12.7. The quantitative estimate of drug-likeness (QED) is 0.777. The third kappa shape index (κ3) is 2.12. The summed E-state index contributed by atoms with van der Waals surface area (Å²) >= 11 is 3.51. The molecule has 19 heavy (non-hydrogen) atoms. The fourth-order valence-electron chi connectivity index (χ4n) is 2.39. The molecule has 0 radical (unpaired) electrons. The van der Waals surface area contributed by atoms with Crippen molar-refractivity contribution < 1.29 is 0 Å². The van der Waals surface area contributed by atoms with Crippen LogP contribution in [0.25, 0.3) is 11.0 Å². The van der Waals surface area contributed by atoms with Crippen LogP contribution in [0.2, 0.25) is 0 Å². The van der Waals surface area contributed by atoms with E-state index in [1.165, 1.54) is 5.56 Å². The van der Waals surface area contributed by atoms with Gasteiger partial charge in [-0.2, -0.15) is 0 Å². The van der Waals surface area contributed by atoms with Gasteiger partial charge in [-0.1, -0.05) is 40.2 Å². The molecule has 3 aromatic rings. The predicted molar refractivity (Wildman–Crippen MR) is 82.1 cm³/mol. The first-order valence-corrected chi connectivity index (χ1v) is 6.94. The summed E-state index contributed by atoms with van der Waals surface area (Å²) in [4.78, 5) is 4.41. The van der Waals surface area contributed by atoms with Gasteiger partial charge < -0.3 is 10.3 Å². The van der Waals surface area contributed by atoms with Gasteiger partial charge in [-0.05, 0) is 36.8 Å². The van der Waals surface area contributed by atoms with E-state index in [0.717, 1.165) is 15.5 Å². The fraction of sp³-hybridized carbons (Fsp3) is 0.133. The molecule has 0 aliphatic rings. The number of benzene rings is 2. The summed E-state index contributed by atoms with van der Waals surface area (Å²) in [5, 5.41) is 0. The van der Waals surface area contributed by atoms with Crippen LogP contribution in [-0.2, 0) is 0 Å². The van der Waals surface area contributed by atoms with E-state index >= 15 is 0 Å². The van der Waals surface area contributed by atoms with E-state index in [0.29, 0.717) is 5.95 Å². The number of para-hydroxylation sites is 2. The molecule has 0 aliphatic heterocycles. The summed E-state index contributed by atoms with van der Waals surface area (Å²) in [7, 11) is 0. The molecule has 1 atom stereocenters. The molecule has 0 fully saturated rings. The van der Waals surface area contributed by atoms with Crippen molar-refractivity contribution in [3.05, 3.63) is 58.6 Å². The number of imidazole rings is 1. The first-order valence-electron chi connectivity index (χ1n) is 6.15. The van der Waals surface area contributed by atoms with Gasteiger partial charge in [-0.3, -0.25) is 0 Å². The lowest BCUT2D eigenvalue weighted by molar-refractivity contribution is 0.667. The van der Waals surface area contributed by atoms with Crippen LogP contribution in [0.15, 0.2) is 53.0 Å². The highest BCUT2D eigenvalue weighted by atomic mass is 79.9. The van der Waals surface area contributed by atoms with Crippen molar-refractivity contribution in [2.45, 2.75) is 13.0 Å². The van der Waals surface area contributed by atoms with Crippen LogP contribution >= 0.6 is 15.9 Å². The molecular weight excluding hydrogens is 302 g/mol. The molecule has 0 amide bonds. The summed E-state index contributed by atoms with van der Waals surface area (Å²) in [6.07, 6.45) is 0. The fourth-order valence-corrected chi connectivity index (χ4v) is 2.80. The number of anilines is 1. The Balaban J connectivity index is 2.16. The molecule has 2 aromatic carbocycles. The van der Waals surface area contributed by atoms with Crippen LogP contribution in [0, 0.1) is 0 Å². The first-order chi connectivity index (χ1) is 9.16. The maximum Gasteiger partial charge on any atom is 0.201 e. The smallest absolute Gasteiger partial charge is 0.201 e. The molecule has 2 N–H and O–H groups in total. The van der Waals surface area contributed by atoms with E-state index in [9.17, 15) is 0 Å². The number of nitrogen functional groups attached to an aromatic ring is 1. The molecule has 4 heteroatoms. The van der Waals surface area contributed by atoms with Crippen molar-refractivity contribution in [3.8, 4) is 0 Å². The number of aromatic nitrogens is 2. The molecule has 1 heterocycles. The maximum atomic E-state index is 6.07. The van der Waals surface area contributed by atoms with Crippen molar-refractivity contribution in [2.75, 3.05) is 5.73 Å². The van der Waals surface area contributed by atoms with Gasteiger partial charge in [0.2, 0.25) is 5.95 Å². The summed E-state index contributed by atoms with van der Waals surface area (Å²) < 4.78 is 3.14. The SMILES string of the molecule is CC(c1cccc(Br)c1)n1c(N)nc2ccccc21. The number of nitrogens with zero attached hydrogens (tertiary/aromatic N) is 2. The Hall–Kier alpha value is -1.81. The number of nitrogens with two attached hydrogens (primary N) is 1. The van der Waals surface area contributed by atoms with Crippen molar-refractivity contribution in [1.29, 1.82) is 0 Å². The lowest BCUT2D eigenvalue weighted by atomic mass is 10.1. The Morgan fingerprint density at radius 2 is 1.95 bits per heavy atom. The molecule has 96 valence electrons. The third-order valence-corrected chi connectivity index (χ3v) is 3.83. The summed E-state index contributed by atoms with van der Waals surface area (Å²) in [5.74, 6) is 0.550. The van der Waals surface area contributed by atoms with Crippen molar-refractivity contribution in [2.24, 2.45) is 0 Å². The molecule has 0 bridgehead atoms. The molecule has 0 aliphatic carbocycles. The topological polar surface area (TPSA) is 43.8 Å². The van der Waals surface area contributed by atoms with E-state index < -0.39 is 0 Å².